The van der Waals surface area contributed by atoms with Crippen molar-refractivity contribution in [3.8, 4) is 0 Å². The Hall–Kier alpha value is -2.70. The molecule has 0 saturated carbocycles. The number of anilines is 1. The zero-order valence-corrected chi connectivity index (χ0v) is 20.1. The van der Waals surface area contributed by atoms with Crippen molar-refractivity contribution in [1.29, 1.82) is 0 Å². The van der Waals surface area contributed by atoms with E-state index in [-0.39, 0.29) is 0 Å². The Balaban J connectivity index is 2.06. The van der Waals surface area contributed by atoms with Gasteiger partial charge in [0.1, 0.15) is 7.59 Å². The fourth-order valence-electron chi connectivity index (χ4n) is 4.61. The first kappa shape index (κ1) is 20.6. The minimum Gasteiger partial charge on any atom is -0.377 e. The van der Waals surface area contributed by atoms with E-state index >= 15 is 4.11 Å². The predicted octanol–water partition coefficient (Wildman–Crippen LogP) is 4.63. The summed E-state index contributed by atoms with van der Waals surface area (Å²) in [6, 6.07) is 33.1. The van der Waals surface area contributed by atoms with Crippen molar-refractivity contribution in [2.75, 3.05) is 19.0 Å². The van der Waals surface area contributed by atoms with Crippen LogP contribution in [0.25, 0.3) is 10.8 Å². The third-order valence-corrected chi connectivity index (χ3v) is 21.0. The van der Waals surface area contributed by atoms with E-state index in [0.29, 0.717) is 0 Å². The highest BCUT2D eigenvalue weighted by Crippen LogP contribution is 2.30. The molecule has 4 aromatic rings. The van der Waals surface area contributed by atoms with Crippen molar-refractivity contribution in [3.05, 3.63) is 97.1 Å². The van der Waals surface area contributed by atoms with Crippen LogP contribution in [-0.4, -0.2) is 29.6 Å². The van der Waals surface area contributed by atoms with Crippen LogP contribution in [0.1, 0.15) is 0 Å². The van der Waals surface area contributed by atoms with Crippen LogP contribution < -0.4 is 20.5 Å². The third kappa shape index (κ3) is 3.20. The molecule has 4 rings (SSSR count). The molecule has 30 heavy (non-hydrogen) atoms. The molecule has 0 aliphatic carbocycles. The van der Waals surface area contributed by atoms with Crippen molar-refractivity contribution < 1.29 is 4.11 Å². The van der Waals surface area contributed by atoms with Crippen LogP contribution >= 0.6 is 0 Å². The molecule has 0 heterocycles. The van der Waals surface area contributed by atoms with Gasteiger partial charge in [0.15, 0.2) is 0 Å². The van der Waals surface area contributed by atoms with Crippen molar-refractivity contribution in [2.24, 2.45) is 0 Å². The number of hydrogen-bond acceptors (Lipinski definition) is 1. The minimum absolute atomic E-state index is 0.908. The fraction of sp³-hybridized carbons (Fsp3) is 0.154. The highest BCUT2D eigenvalue weighted by molar-refractivity contribution is 7.53. The number of rotatable bonds is 5. The van der Waals surface area contributed by atoms with Crippen LogP contribution in [0.15, 0.2) is 97.1 Å². The molecular weight excluding hydrogens is 401 g/mol. The second-order valence-electron chi connectivity index (χ2n) is 8.44. The van der Waals surface area contributed by atoms with E-state index in [0.717, 1.165) is 32.0 Å². The molecule has 4 aromatic carbocycles. The zero-order chi connectivity index (χ0) is 21.4. The molecule has 0 bridgehead atoms. The van der Waals surface area contributed by atoms with Crippen LogP contribution in [0, 0.1) is 0 Å². The first-order chi connectivity index (χ1) is 14.4. The number of benzene rings is 4. The van der Waals surface area contributed by atoms with Crippen molar-refractivity contribution in [3.63, 3.8) is 0 Å². The Morgan fingerprint density at radius 1 is 0.633 bits per heavy atom. The lowest BCUT2D eigenvalue weighted by atomic mass is 10.1. The molecule has 1 atom stereocenters. The van der Waals surface area contributed by atoms with E-state index < -0.39 is 15.5 Å². The summed E-state index contributed by atoms with van der Waals surface area (Å²) >= 11 is 0. The summed E-state index contributed by atoms with van der Waals surface area (Å²) in [6.45, 7) is 4.15. The van der Waals surface area contributed by atoms with Gasteiger partial charge >= 0.3 is 0 Å². The van der Waals surface area contributed by atoms with E-state index in [1.807, 2.05) is 69.2 Å². The second-order valence-corrected chi connectivity index (χ2v) is 20.2. The van der Waals surface area contributed by atoms with Gasteiger partial charge in [-0.05, 0) is 23.2 Å². The molecule has 0 amide bonds. The molecule has 4 heteroatoms. The molecule has 0 aliphatic rings. The summed E-state index contributed by atoms with van der Waals surface area (Å²) in [5.41, 5.74) is 1.08. The molecule has 0 spiro atoms. The Kier molecular flexibility index (Phi) is 5.39. The van der Waals surface area contributed by atoms with Crippen LogP contribution in [-0.2, 0) is 0 Å². The molecular formula is C26H28FNSi2. The Morgan fingerprint density at radius 3 is 1.63 bits per heavy atom. The lowest BCUT2D eigenvalue weighted by Gasteiger charge is -2.39. The lowest BCUT2D eigenvalue weighted by Crippen LogP contribution is -2.76. The molecule has 152 valence electrons. The average molecular weight is 430 g/mol. The van der Waals surface area contributed by atoms with Crippen molar-refractivity contribution in [2.45, 2.75) is 13.1 Å². The molecule has 0 fully saturated rings. The Labute approximate surface area is 180 Å². The van der Waals surface area contributed by atoms with Crippen molar-refractivity contribution >= 4 is 47.5 Å². The van der Waals surface area contributed by atoms with Gasteiger partial charge in [-0.2, -0.15) is 0 Å². The van der Waals surface area contributed by atoms with Gasteiger partial charge in [-0.15, -0.1) is 0 Å². The van der Waals surface area contributed by atoms with E-state index in [1.54, 1.807) is 0 Å². The number of hydrogen-bond donors (Lipinski definition) is 0. The quantitative estimate of drug-likeness (QED) is 0.330. The predicted molar refractivity (Wildman–Crippen MR) is 134 cm³/mol. The topological polar surface area (TPSA) is 3.24 Å². The monoisotopic (exact) mass is 429 g/mol. The van der Waals surface area contributed by atoms with Crippen LogP contribution in [0.3, 0.4) is 0 Å². The molecule has 0 saturated heterocycles. The average Bonchev–Trinajstić information content (AvgIpc) is 2.78. The summed E-state index contributed by atoms with van der Waals surface area (Å²) in [4.78, 5) is 2.10. The summed E-state index contributed by atoms with van der Waals surface area (Å²) < 4.78 is 17.6. The maximum Gasteiger partial charge on any atom is 0.270 e. The van der Waals surface area contributed by atoms with Gasteiger partial charge in [-0.3, -0.25) is 0 Å². The smallest absolute Gasteiger partial charge is 0.270 e. The largest absolute Gasteiger partial charge is 0.377 e. The Bertz CT molecular complexity index is 1110. The zero-order valence-electron chi connectivity index (χ0n) is 18.1. The summed E-state index contributed by atoms with van der Waals surface area (Å²) in [5.74, 6) is 0. The van der Waals surface area contributed by atoms with Gasteiger partial charge in [-0.1, -0.05) is 108 Å². The normalized spacial score (nSPS) is 13.8. The van der Waals surface area contributed by atoms with Gasteiger partial charge in [-0.25, -0.2) is 0 Å². The number of halogens is 1. The van der Waals surface area contributed by atoms with Gasteiger partial charge < -0.3 is 9.01 Å². The van der Waals surface area contributed by atoms with E-state index in [4.69, 9.17) is 0 Å². The van der Waals surface area contributed by atoms with Crippen LogP contribution in [0.2, 0.25) is 13.1 Å². The molecule has 0 aromatic heterocycles. The maximum absolute atomic E-state index is 17.6. The van der Waals surface area contributed by atoms with Gasteiger partial charge in [0.05, 0.1) is 0 Å². The highest BCUT2D eigenvalue weighted by atomic mass is 29.3. The van der Waals surface area contributed by atoms with E-state index in [9.17, 15) is 0 Å². The fourth-order valence-corrected chi connectivity index (χ4v) is 15.9. The Morgan fingerprint density at radius 2 is 1.13 bits per heavy atom. The third-order valence-electron chi connectivity index (χ3n) is 6.51. The number of fused-ring (bicyclic) bond motifs is 1. The summed E-state index contributed by atoms with van der Waals surface area (Å²) in [5, 5.41) is 5.39. The van der Waals surface area contributed by atoms with Gasteiger partial charge in [0.25, 0.3) is 7.93 Å². The minimum atomic E-state index is -3.44. The summed E-state index contributed by atoms with van der Waals surface area (Å²) in [7, 11) is -2.06. The van der Waals surface area contributed by atoms with Crippen molar-refractivity contribution in [1.82, 2.24) is 0 Å². The second kappa shape index (κ2) is 7.86. The van der Waals surface area contributed by atoms with E-state index in [1.165, 1.54) is 0 Å². The first-order valence-electron chi connectivity index (χ1n) is 10.4. The SMILES string of the molecule is CN(C)c1cccc2cccc([Si@](C)(F)[Si](C)(c3ccccc3)c3ccccc3)c12. The molecule has 1 nitrogen and oxygen atoms in total. The van der Waals surface area contributed by atoms with Gasteiger partial charge in [0, 0.05) is 25.2 Å². The lowest BCUT2D eigenvalue weighted by molar-refractivity contribution is 0.840. The standard InChI is InChI=1S/C26H28FNSi2/c1-28(2)24-19-11-13-21-14-12-20-25(26(21)24)30(4,27)29(3,22-15-7-5-8-16-22)23-17-9-6-10-18-23/h5-20H,1-4H3/t30-/m1/s1. The molecule has 0 N–H and O–H groups in total. The molecule has 0 unspecified atom stereocenters. The highest BCUT2D eigenvalue weighted by Gasteiger charge is 2.55. The van der Waals surface area contributed by atoms with Crippen LogP contribution in [0.5, 0.6) is 0 Å². The van der Waals surface area contributed by atoms with Crippen LogP contribution in [0.4, 0.5) is 9.80 Å². The molecule has 0 aliphatic heterocycles. The van der Waals surface area contributed by atoms with E-state index in [2.05, 4.69) is 60.0 Å². The maximum atomic E-state index is 17.6. The summed E-state index contributed by atoms with van der Waals surface area (Å²) in [6.07, 6.45) is 0. The first-order valence-corrected chi connectivity index (χ1v) is 16.2. The number of nitrogens with zero attached hydrogens (tertiary/aromatic N) is 1. The molecule has 0 radical (unpaired) electrons. The van der Waals surface area contributed by atoms with Gasteiger partial charge in [0.2, 0.25) is 0 Å².